The van der Waals surface area contributed by atoms with Gasteiger partial charge in [-0.2, -0.15) is 0 Å². The molecule has 0 radical (unpaired) electrons. The zero-order chi connectivity index (χ0) is 10.3. The molecule has 0 aliphatic heterocycles. The van der Waals surface area contributed by atoms with Crippen molar-refractivity contribution in [3.63, 3.8) is 0 Å². The lowest BCUT2D eigenvalue weighted by Gasteiger charge is -2.17. The van der Waals surface area contributed by atoms with Gasteiger partial charge >= 0.3 is 0 Å². The van der Waals surface area contributed by atoms with E-state index < -0.39 is 0 Å². The van der Waals surface area contributed by atoms with Crippen LogP contribution in [-0.4, -0.2) is 0 Å². The van der Waals surface area contributed by atoms with Gasteiger partial charge in [0.05, 0.1) is 9.85 Å². The molecule has 1 unspecified atom stereocenters. The van der Waals surface area contributed by atoms with Crippen LogP contribution < -0.4 is 0 Å². The predicted octanol–water partition coefficient (Wildman–Crippen LogP) is 4.67. The van der Waals surface area contributed by atoms with Gasteiger partial charge in [-0.05, 0) is 51.9 Å². The number of alkyl halides is 1. The molecule has 0 nitrogen and oxygen atoms in total. The summed E-state index contributed by atoms with van der Waals surface area (Å²) in [7, 11) is 0. The number of halogens is 3. The van der Waals surface area contributed by atoms with Gasteiger partial charge in [-0.25, -0.2) is 4.39 Å². The van der Waals surface area contributed by atoms with E-state index >= 15 is 0 Å². The molecule has 1 atom stereocenters. The molecular formula is C11H11BrClF. The summed E-state index contributed by atoms with van der Waals surface area (Å²) in [6, 6.07) is 5.00. The van der Waals surface area contributed by atoms with Crippen molar-refractivity contribution in [2.24, 2.45) is 5.41 Å². The van der Waals surface area contributed by atoms with E-state index in [0.29, 0.717) is 4.47 Å². The van der Waals surface area contributed by atoms with Crippen LogP contribution in [0.5, 0.6) is 0 Å². The normalized spacial score (nSPS) is 20.6. The lowest BCUT2D eigenvalue weighted by atomic mass is 9.98. The van der Waals surface area contributed by atoms with E-state index in [1.54, 1.807) is 12.1 Å². The van der Waals surface area contributed by atoms with Crippen LogP contribution in [0.15, 0.2) is 22.7 Å². The number of benzene rings is 1. The molecule has 1 fully saturated rings. The van der Waals surface area contributed by atoms with E-state index in [1.165, 1.54) is 6.07 Å². The second-order valence-corrected chi connectivity index (χ2v) is 5.48. The Kier molecular flexibility index (Phi) is 2.61. The third kappa shape index (κ3) is 1.82. The molecule has 76 valence electrons. The first-order valence-electron chi connectivity index (χ1n) is 4.62. The smallest absolute Gasteiger partial charge is 0.137 e. The molecule has 1 saturated carbocycles. The van der Waals surface area contributed by atoms with Crippen molar-refractivity contribution in [2.75, 3.05) is 0 Å². The molecule has 1 aromatic rings. The van der Waals surface area contributed by atoms with Crippen molar-refractivity contribution < 1.29 is 4.39 Å². The highest BCUT2D eigenvalue weighted by Crippen LogP contribution is 2.57. The topological polar surface area (TPSA) is 0 Å². The standard InChI is InChI=1S/C11H11BrClF/c1-11(4-5-11)10(13)7-2-3-9(14)8(12)6-7/h2-3,6,10H,4-5H2,1H3. The highest BCUT2D eigenvalue weighted by atomic mass is 79.9. The molecule has 2 rings (SSSR count). The number of hydrogen-bond donors (Lipinski definition) is 0. The Morgan fingerprint density at radius 1 is 1.50 bits per heavy atom. The Morgan fingerprint density at radius 2 is 2.14 bits per heavy atom. The van der Waals surface area contributed by atoms with Gasteiger partial charge in [-0.1, -0.05) is 13.0 Å². The Labute approximate surface area is 96.6 Å². The minimum absolute atomic E-state index is 0.000556. The number of hydrogen-bond acceptors (Lipinski definition) is 0. The fraction of sp³-hybridized carbons (Fsp3) is 0.455. The molecule has 3 heteroatoms. The minimum atomic E-state index is -0.237. The van der Waals surface area contributed by atoms with E-state index in [4.69, 9.17) is 11.6 Å². The van der Waals surface area contributed by atoms with E-state index in [2.05, 4.69) is 22.9 Å². The zero-order valence-corrected chi connectivity index (χ0v) is 10.2. The molecule has 0 heterocycles. The van der Waals surface area contributed by atoms with Crippen molar-refractivity contribution in [2.45, 2.75) is 25.1 Å². The van der Waals surface area contributed by atoms with Crippen LogP contribution in [0.4, 0.5) is 4.39 Å². The van der Waals surface area contributed by atoms with Crippen molar-refractivity contribution in [3.05, 3.63) is 34.1 Å². The monoisotopic (exact) mass is 276 g/mol. The van der Waals surface area contributed by atoms with Gasteiger partial charge < -0.3 is 0 Å². The summed E-state index contributed by atoms with van der Waals surface area (Å²) < 4.78 is 13.5. The number of rotatable bonds is 2. The second-order valence-electron chi connectivity index (χ2n) is 4.19. The molecule has 0 amide bonds. The van der Waals surface area contributed by atoms with E-state index in [-0.39, 0.29) is 16.6 Å². The summed E-state index contributed by atoms with van der Waals surface area (Å²) >= 11 is 9.49. The van der Waals surface area contributed by atoms with Gasteiger partial charge in [-0.15, -0.1) is 11.6 Å². The molecular weight excluding hydrogens is 266 g/mol. The molecule has 14 heavy (non-hydrogen) atoms. The SMILES string of the molecule is CC1(C(Cl)c2ccc(F)c(Br)c2)CC1. The lowest BCUT2D eigenvalue weighted by molar-refractivity contribution is 0.546. The summed E-state index contributed by atoms with van der Waals surface area (Å²) in [6.07, 6.45) is 2.33. The molecule has 0 spiro atoms. The second kappa shape index (κ2) is 3.49. The summed E-state index contributed by atoms with van der Waals surface area (Å²) in [5.41, 5.74) is 1.22. The Bertz CT molecular complexity index is 360. The summed E-state index contributed by atoms with van der Waals surface area (Å²) in [5.74, 6) is -0.237. The zero-order valence-electron chi connectivity index (χ0n) is 7.86. The van der Waals surface area contributed by atoms with Crippen molar-refractivity contribution in [1.82, 2.24) is 0 Å². The molecule has 0 bridgehead atoms. The molecule has 0 aromatic heterocycles. The van der Waals surface area contributed by atoms with Crippen molar-refractivity contribution in [3.8, 4) is 0 Å². The lowest BCUT2D eigenvalue weighted by Crippen LogP contribution is -2.04. The van der Waals surface area contributed by atoms with Crippen molar-refractivity contribution in [1.29, 1.82) is 0 Å². The van der Waals surface area contributed by atoms with E-state index in [1.807, 2.05) is 0 Å². The Hall–Kier alpha value is -0.0800. The molecule has 1 aromatic carbocycles. The maximum absolute atomic E-state index is 13.0. The summed E-state index contributed by atoms with van der Waals surface area (Å²) in [6.45, 7) is 2.17. The Balaban J connectivity index is 2.28. The van der Waals surface area contributed by atoms with Crippen LogP contribution in [-0.2, 0) is 0 Å². The fourth-order valence-electron chi connectivity index (χ4n) is 1.52. The summed E-state index contributed by atoms with van der Waals surface area (Å²) in [4.78, 5) is 0. The van der Waals surface area contributed by atoms with Crippen LogP contribution in [0.2, 0.25) is 0 Å². The highest BCUT2D eigenvalue weighted by Gasteiger charge is 2.44. The quantitative estimate of drug-likeness (QED) is 0.689. The van der Waals surface area contributed by atoms with Gasteiger partial charge in [0.25, 0.3) is 0 Å². The molecule has 0 saturated heterocycles. The predicted molar refractivity (Wildman–Crippen MR) is 60.0 cm³/mol. The van der Waals surface area contributed by atoms with Crippen LogP contribution in [0.1, 0.15) is 30.7 Å². The van der Waals surface area contributed by atoms with Gasteiger partial charge in [0, 0.05) is 0 Å². The van der Waals surface area contributed by atoms with Gasteiger partial charge in [0.1, 0.15) is 5.82 Å². The van der Waals surface area contributed by atoms with Crippen LogP contribution >= 0.6 is 27.5 Å². The van der Waals surface area contributed by atoms with Crippen molar-refractivity contribution >= 4 is 27.5 Å². The minimum Gasteiger partial charge on any atom is -0.206 e. The molecule has 0 N–H and O–H groups in total. The average Bonchev–Trinajstić information content (AvgIpc) is 2.89. The Morgan fingerprint density at radius 3 is 2.64 bits per heavy atom. The first-order chi connectivity index (χ1) is 6.53. The first-order valence-corrected chi connectivity index (χ1v) is 5.85. The molecule has 1 aliphatic carbocycles. The van der Waals surface area contributed by atoms with E-state index in [9.17, 15) is 4.39 Å². The third-order valence-corrected chi connectivity index (χ3v) is 4.27. The van der Waals surface area contributed by atoms with Gasteiger partial charge in [0.2, 0.25) is 0 Å². The third-order valence-electron chi connectivity index (χ3n) is 2.89. The van der Waals surface area contributed by atoms with Gasteiger partial charge in [0.15, 0.2) is 0 Å². The van der Waals surface area contributed by atoms with E-state index in [0.717, 1.165) is 18.4 Å². The molecule has 1 aliphatic rings. The largest absolute Gasteiger partial charge is 0.206 e. The maximum atomic E-state index is 13.0. The van der Waals surface area contributed by atoms with Crippen LogP contribution in [0, 0.1) is 11.2 Å². The maximum Gasteiger partial charge on any atom is 0.137 e. The highest BCUT2D eigenvalue weighted by molar-refractivity contribution is 9.10. The first kappa shape index (κ1) is 10.4. The van der Waals surface area contributed by atoms with Crippen LogP contribution in [0.3, 0.4) is 0 Å². The summed E-state index contributed by atoms with van der Waals surface area (Å²) in [5, 5.41) is -0.000556. The average molecular weight is 278 g/mol. The van der Waals surface area contributed by atoms with Crippen LogP contribution in [0.25, 0.3) is 0 Å². The van der Waals surface area contributed by atoms with Gasteiger partial charge in [-0.3, -0.25) is 0 Å². The fourth-order valence-corrected chi connectivity index (χ4v) is 2.27.